The van der Waals surface area contributed by atoms with Crippen molar-refractivity contribution in [1.82, 2.24) is 15.4 Å². The van der Waals surface area contributed by atoms with Crippen LogP contribution in [0.2, 0.25) is 0 Å². The number of unbranched alkanes of at least 4 members (excludes halogenated alkanes) is 15. The first kappa shape index (κ1) is 24.4. The molecule has 1 aromatic heterocycles. The van der Waals surface area contributed by atoms with E-state index in [1.165, 1.54) is 108 Å². The van der Waals surface area contributed by atoms with Crippen molar-refractivity contribution in [2.75, 3.05) is 11.4 Å². The Kier molecular flexibility index (Phi) is 13.8. The highest BCUT2D eigenvalue weighted by molar-refractivity contribution is 5.58. The van der Waals surface area contributed by atoms with Crippen molar-refractivity contribution in [2.45, 2.75) is 110 Å². The molecule has 0 saturated carbocycles. The lowest BCUT2D eigenvalue weighted by Gasteiger charge is -2.21. The minimum Gasteiger partial charge on any atom is -0.324 e. The molecule has 30 heavy (non-hydrogen) atoms. The van der Waals surface area contributed by atoms with Gasteiger partial charge in [-0.1, -0.05) is 121 Å². The van der Waals surface area contributed by atoms with E-state index in [0.29, 0.717) is 0 Å². The van der Waals surface area contributed by atoms with Gasteiger partial charge < -0.3 is 4.90 Å². The highest BCUT2D eigenvalue weighted by atomic mass is 15.4. The van der Waals surface area contributed by atoms with Gasteiger partial charge in [-0.25, -0.2) is 0 Å². The molecule has 0 aliphatic carbocycles. The second-order valence-electron chi connectivity index (χ2n) is 8.62. The van der Waals surface area contributed by atoms with Crippen LogP contribution in [0.3, 0.4) is 0 Å². The summed E-state index contributed by atoms with van der Waals surface area (Å²) in [5.74, 6) is 0.905. The van der Waals surface area contributed by atoms with Gasteiger partial charge in [0, 0.05) is 12.2 Å². The van der Waals surface area contributed by atoms with Crippen LogP contribution in [-0.2, 0) is 0 Å². The smallest absolute Gasteiger partial charge is 0.175 e. The summed E-state index contributed by atoms with van der Waals surface area (Å²) in [7, 11) is 0. The zero-order valence-corrected chi connectivity index (χ0v) is 19.3. The molecule has 1 N–H and O–H groups in total. The molecule has 0 spiro atoms. The largest absolute Gasteiger partial charge is 0.324 e. The van der Waals surface area contributed by atoms with Gasteiger partial charge in [-0.15, -0.1) is 5.10 Å². The summed E-state index contributed by atoms with van der Waals surface area (Å²) in [4.78, 5) is 2.26. The average molecular weight is 413 g/mol. The van der Waals surface area contributed by atoms with Gasteiger partial charge in [-0.2, -0.15) is 10.3 Å². The van der Waals surface area contributed by atoms with Gasteiger partial charge in [0.2, 0.25) is 0 Å². The van der Waals surface area contributed by atoms with Gasteiger partial charge >= 0.3 is 0 Å². The molecule has 0 amide bonds. The molecule has 0 unspecified atom stereocenters. The van der Waals surface area contributed by atoms with Crippen LogP contribution in [0.15, 0.2) is 36.5 Å². The van der Waals surface area contributed by atoms with E-state index in [-0.39, 0.29) is 0 Å². The van der Waals surface area contributed by atoms with Crippen LogP contribution in [0.5, 0.6) is 0 Å². The maximum Gasteiger partial charge on any atom is 0.175 e. The molecular formula is C26H44N4. The maximum absolute atomic E-state index is 4.27. The molecular weight excluding hydrogens is 368 g/mol. The van der Waals surface area contributed by atoms with E-state index in [9.17, 15) is 0 Å². The Morgan fingerprint density at radius 1 is 0.667 bits per heavy atom. The third kappa shape index (κ3) is 10.8. The fourth-order valence-electron chi connectivity index (χ4n) is 4.13. The molecule has 0 atom stereocenters. The number of H-pyrrole nitrogens is 1. The number of hydrogen-bond donors (Lipinski definition) is 1. The van der Waals surface area contributed by atoms with E-state index < -0.39 is 0 Å². The zero-order chi connectivity index (χ0) is 21.1. The second kappa shape index (κ2) is 16.9. The van der Waals surface area contributed by atoms with Crippen molar-refractivity contribution in [2.24, 2.45) is 0 Å². The minimum atomic E-state index is 0.905. The highest BCUT2D eigenvalue weighted by Gasteiger charge is 2.10. The standard InChI is InChI=1S/C26H44N4/c1-2-3-4-5-6-7-8-9-10-11-12-13-14-15-16-20-23-30(26-24-27-29-28-26)25-21-18-17-19-22-25/h17-19,21-22,24H,2-16,20,23H2,1H3,(H,27,28,29). The second-order valence-corrected chi connectivity index (χ2v) is 8.62. The molecule has 0 radical (unpaired) electrons. The summed E-state index contributed by atoms with van der Waals surface area (Å²) in [6.45, 7) is 3.29. The summed E-state index contributed by atoms with van der Waals surface area (Å²) >= 11 is 0. The summed E-state index contributed by atoms with van der Waals surface area (Å²) in [6, 6.07) is 10.5. The van der Waals surface area contributed by atoms with Gasteiger partial charge in [0.15, 0.2) is 5.82 Å². The molecule has 0 bridgehead atoms. The van der Waals surface area contributed by atoms with Crippen LogP contribution in [0.25, 0.3) is 0 Å². The molecule has 0 fully saturated rings. The molecule has 168 valence electrons. The first-order chi connectivity index (χ1) is 14.9. The van der Waals surface area contributed by atoms with Crippen molar-refractivity contribution >= 4 is 11.5 Å². The van der Waals surface area contributed by atoms with E-state index >= 15 is 0 Å². The normalized spacial score (nSPS) is 11.1. The van der Waals surface area contributed by atoms with E-state index in [0.717, 1.165) is 12.4 Å². The van der Waals surface area contributed by atoms with Gasteiger partial charge in [-0.05, 0) is 18.6 Å². The fraction of sp³-hybridized carbons (Fsp3) is 0.692. The van der Waals surface area contributed by atoms with Gasteiger partial charge in [0.1, 0.15) is 0 Å². The molecule has 0 aliphatic rings. The van der Waals surface area contributed by atoms with Crippen LogP contribution in [0.4, 0.5) is 11.5 Å². The van der Waals surface area contributed by atoms with E-state index in [1.54, 1.807) is 6.20 Å². The first-order valence-electron chi connectivity index (χ1n) is 12.6. The molecule has 0 saturated heterocycles. The van der Waals surface area contributed by atoms with Crippen LogP contribution >= 0.6 is 0 Å². The zero-order valence-electron chi connectivity index (χ0n) is 19.3. The number of para-hydroxylation sites is 1. The number of rotatable bonds is 19. The molecule has 0 aliphatic heterocycles. The van der Waals surface area contributed by atoms with Gasteiger partial charge in [-0.3, -0.25) is 0 Å². The van der Waals surface area contributed by atoms with Crippen molar-refractivity contribution in [1.29, 1.82) is 0 Å². The van der Waals surface area contributed by atoms with Crippen molar-refractivity contribution in [3.63, 3.8) is 0 Å². The Balaban J connectivity index is 1.42. The highest BCUT2D eigenvalue weighted by Crippen LogP contribution is 2.23. The van der Waals surface area contributed by atoms with Crippen LogP contribution < -0.4 is 4.90 Å². The average Bonchev–Trinajstić information content (AvgIpc) is 3.31. The molecule has 4 nitrogen and oxygen atoms in total. The SMILES string of the molecule is CCCCCCCCCCCCCCCCCCN(c1ccccc1)c1cn[nH]n1. The molecule has 4 heteroatoms. The van der Waals surface area contributed by atoms with Gasteiger partial charge in [0.05, 0.1) is 6.20 Å². The summed E-state index contributed by atoms with van der Waals surface area (Å²) in [5, 5.41) is 11.0. The molecule has 1 aromatic carbocycles. The number of aromatic nitrogens is 3. The third-order valence-corrected chi connectivity index (χ3v) is 5.98. The lowest BCUT2D eigenvalue weighted by molar-refractivity contribution is 0.530. The van der Waals surface area contributed by atoms with E-state index in [2.05, 4.69) is 57.6 Å². The summed E-state index contributed by atoms with van der Waals surface area (Å²) in [6.07, 6.45) is 24.2. The first-order valence-corrected chi connectivity index (χ1v) is 12.6. The number of anilines is 2. The summed E-state index contributed by atoms with van der Waals surface area (Å²) in [5.41, 5.74) is 1.19. The predicted molar refractivity (Wildman–Crippen MR) is 129 cm³/mol. The summed E-state index contributed by atoms with van der Waals surface area (Å²) < 4.78 is 0. The number of nitrogens with one attached hydrogen (secondary N) is 1. The quantitative estimate of drug-likeness (QED) is 0.236. The van der Waals surface area contributed by atoms with E-state index in [1.807, 2.05) is 0 Å². The maximum atomic E-state index is 4.27. The third-order valence-electron chi connectivity index (χ3n) is 5.98. The van der Waals surface area contributed by atoms with Crippen LogP contribution in [0.1, 0.15) is 110 Å². The molecule has 2 aromatic rings. The lowest BCUT2D eigenvalue weighted by atomic mass is 10.0. The van der Waals surface area contributed by atoms with Crippen molar-refractivity contribution in [3.05, 3.63) is 36.5 Å². The predicted octanol–water partition coefficient (Wildman–Crippen LogP) is 8.20. The number of benzene rings is 1. The van der Waals surface area contributed by atoms with Crippen molar-refractivity contribution in [3.8, 4) is 0 Å². The Hall–Kier alpha value is -1.84. The number of aromatic amines is 1. The van der Waals surface area contributed by atoms with Gasteiger partial charge in [0.25, 0.3) is 0 Å². The fourth-order valence-corrected chi connectivity index (χ4v) is 4.13. The molecule has 2 rings (SSSR count). The number of nitrogens with zero attached hydrogens (tertiary/aromatic N) is 3. The Labute approximate surface area is 184 Å². The Morgan fingerprint density at radius 3 is 1.63 bits per heavy atom. The van der Waals surface area contributed by atoms with E-state index in [4.69, 9.17) is 0 Å². The lowest BCUT2D eigenvalue weighted by Crippen LogP contribution is -2.18. The topological polar surface area (TPSA) is 44.8 Å². The monoisotopic (exact) mass is 412 g/mol. The minimum absolute atomic E-state index is 0.905. The van der Waals surface area contributed by atoms with Crippen LogP contribution in [-0.4, -0.2) is 22.0 Å². The Bertz CT molecular complexity index is 597. The Morgan fingerprint density at radius 2 is 1.17 bits per heavy atom. The van der Waals surface area contributed by atoms with Crippen molar-refractivity contribution < 1.29 is 0 Å². The van der Waals surface area contributed by atoms with Crippen LogP contribution in [0, 0.1) is 0 Å². The number of hydrogen-bond acceptors (Lipinski definition) is 3. The molecule has 1 heterocycles.